The number of nitrogens with zero attached hydrogens (tertiary/aromatic N) is 1. The number of hydrogen-bond donors (Lipinski definition) is 0. The Hall–Kier alpha value is -4.25. The number of benzene rings is 2. The number of hydrogen-bond acceptors (Lipinski definition) is 5. The Morgan fingerprint density at radius 3 is 2.46 bits per heavy atom. The fraction of sp³-hybridized carbons (Fsp3) is 0.167. The second-order valence-electron chi connectivity index (χ2n) is 8.20. The topological polar surface area (TPSA) is 65.5 Å². The molecule has 35 heavy (non-hydrogen) atoms. The molecule has 1 aliphatic carbocycles. The van der Waals surface area contributed by atoms with Crippen LogP contribution in [0.4, 0.5) is 0 Å². The summed E-state index contributed by atoms with van der Waals surface area (Å²) in [5, 5.41) is 0. The van der Waals surface area contributed by atoms with Gasteiger partial charge in [0.15, 0.2) is 23.1 Å². The van der Waals surface area contributed by atoms with Crippen LogP contribution in [-0.2, 0) is 22.6 Å². The van der Waals surface area contributed by atoms with Gasteiger partial charge < -0.3 is 9.47 Å². The fourth-order valence-corrected chi connectivity index (χ4v) is 3.77. The normalized spacial score (nSPS) is 12.6. The van der Waals surface area contributed by atoms with Crippen LogP contribution in [0.25, 0.3) is 18.2 Å². The molecular formula is C30H27NO4. The number of allylic oxidation sites excluding steroid dienone is 3. The van der Waals surface area contributed by atoms with Gasteiger partial charge in [-0.15, -0.1) is 0 Å². The number of methoxy groups -OCH3 is 1. The number of ether oxygens (including phenoxy) is 2. The average Bonchev–Trinajstić information content (AvgIpc) is 2.90. The molecule has 4 rings (SSSR count). The molecule has 0 radical (unpaired) electrons. The molecule has 5 nitrogen and oxygen atoms in total. The Morgan fingerprint density at radius 2 is 1.71 bits per heavy atom. The van der Waals surface area contributed by atoms with E-state index in [1.165, 1.54) is 23.3 Å². The first-order valence-corrected chi connectivity index (χ1v) is 11.5. The Balaban J connectivity index is 1.31. The summed E-state index contributed by atoms with van der Waals surface area (Å²) in [6.45, 7) is 0.322. The third kappa shape index (κ3) is 6.87. The van der Waals surface area contributed by atoms with Crippen LogP contribution in [0.5, 0.6) is 11.5 Å². The molecule has 3 aromatic rings. The number of carbonyl (C=O) groups excluding carboxylic acids is 2. The summed E-state index contributed by atoms with van der Waals surface area (Å²) in [4.78, 5) is 28.8. The highest BCUT2D eigenvalue weighted by atomic mass is 16.5. The molecule has 0 fully saturated rings. The second kappa shape index (κ2) is 11.7. The summed E-state index contributed by atoms with van der Waals surface area (Å²) in [6, 6.07) is 17.2. The van der Waals surface area contributed by atoms with E-state index in [1.807, 2.05) is 30.3 Å². The molecule has 0 spiro atoms. The number of aromatic nitrogens is 1. The Kier molecular flexibility index (Phi) is 8.02. The predicted molar refractivity (Wildman–Crippen MR) is 138 cm³/mol. The minimum Gasteiger partial charge on any atom is -0.493 e. The number of ketones is 2. The molecule has 0 bridgehead atoms. The van der Waals surface area contributed by atoms with Gasteiger partial charge in [-0.1, -0.05) is 54.6 Å². The van der Waals surface area contributed by atoms with Gasteiger partial charge in [-0.3, -0.25) is 14.6 Å². The monoisotopic (exact) mass is 465 g/mol. The van der Waals surface area contributed by atoms with Gasteiger partial charge in [-0.25, -0.2) is 0 Å². The molecule has 0 unspecified atom stereocenters. The van der Waals surface area contributed by atoms with Crippen molar-refractivity contribution in [1.82, 2.24) is 4.98 Å². The molecule has 1 heterocycles. The van der Waals surface area contributed by atoms with Gasteiger partial charge in [-0.05, 0) is 71.5 Å². The first kappa shape index (κ1) is 23.9. The lowest BCUT2D eigenvalue weighted by atomic mass is 9.95. The molecule has 0 N–H and O–H groups in total. The maximum absolute atomic E-state index is 12.3. The highest BCUT2D eigenvalue weighted by Crippen LogP contribution is 2.29. The molecule has 1 aromatic heterocycles. The third-order valence-electron chi connectivity index (χ3n) is 5.61. The van der Waals surface area contributed by atoms with Crippen molar-refractivity contribution in [2.45, 2.75) is 25.9 Å². The van der Waals surface area contributed by atoms with Crippen molar-refractivity contribution in [1.29, 1.82) is 0 Å². The van der Waals surface area contributed by atoms with E-state index in [1.54, 1.807) is 37.6 Å². The maximum Gasteiger partial charge on any atom is 0.163 e. The molecule has 2 aromatic carbocycles. The Labute approximate surface area is 205 Å². The zero-order valence-corrected chi connectivity index (χ0v) is 19.6. The van der Waals surface area contributed by atoms with Crippen LogP contribution in [0, 0.1) is 0 Å². The first-order chi connectivity index (χ1) is 17.1. The highest BCUT2D eigenvalue weighted by molar-refractivity contribution is 6.10. The minimum atomic E-state index is -0.260. The Morgan fingerprint density at radius 1 is 0.943 bits per heavy atom. The van der Waals surface area contributed by atoms with Crippen LogP contribution in [0.1, 0.15) is 40.8 Å². The van der Waals surface area contributed by atoms with Gasteiger partial charge in [-0.2, -0.15) is 0 Å². The van der Waals surface area contributed by atoms with Crippen molar-refractivity contribution < 1.29 is 19.1 Å². The van der Waals surface area contributed by atoms with Crippen molar-refractivity contribution in [3.05, 3.63) is 107 Å². The largest absolute Gasteiger partial charge is 0.493 e. The molecule has 176 valence electrons. The lowest BCUT2D eigenvalue weighted by Crippen LogP contribution is -2.02. The van der Waals surface area contributed by atoms with E-state index in [4.69, 9.17) is 9.47 Å². The van der Waals surface area contributed by atoms with Gasteiger partial charge >= 0.3 is 0 Å². The molecular weight excluding hydrogens is 438 g/mol. The standard InChI is InChI=1S/C30H27NO4/c1-34-30-19-23(12-16-29(30)35-21-26-8-4-5-17-31-26)11-15-28(33)20-27(32)14-10-22-9-13-24-6-2-3-7-25(24)18-22/h2,4-6,8-19H,3,7,20-21H2,1H3/b14-10+,15-11+. The molecule has 0 amide bonds. The van der Waals surface area contributed by atoms with E-state index in [-0.39, 0.29) is 18.0 Å². The third-order valence-corrected chi connectivity index (χ3v) is 5.61. The number of fused-ring (bicyclic) bond motifs is 1. The number of carbonyl (C=O) groups is 2. The van der Waals surface area contributed by atoms with Gasteiger partial charge in [0.1, 0.15) is 6.61 Å². The zero-order valence-electron chi connectivity index (χ0n) is 19.6. The predicted octanol–water partition coefficient (Wildman–Crippen LogP) is 5.88. The number of pyridine rings is 1. The second-order valence-corrected chi connectivity index (χ2v) is 8.20. The van der Waals surface area contributed by atoms with E-state index in [0.717, 1.165) is 29.7 Å². The van der Waals surface area contributed by atoms with Crippen molar-refractivity contribution in [3.8, 4) is 11.5 Å². The van der Waals surface area contributed by atoms with E-state index in [9.17, 15) is 9.59 Å². The molecule has 0 atom stereocenters. The van der Waals surface area contributed by atoms with Crippen molar-refractivity contribution in [2.24, 2.45) is 0 Å². The van der Waals surface area contributed by atoms with Gasteiger partial charge in [0, 0.05) is 6.20 Å². The quantitative estimate of drug-likeness (QED) is 0.276. The van der Waals surface area contributed by atoms with Crippen LogP contribution in [0.2, 0.25) is 0 Å². The summed E-state index contributed by atoms with van der Waals surface area (Å²) in [6.07, 6.45) is 14.2. The fourth-order valence-electron chi connectivity index (χ4n) is 3.77. The smallest absolute Gasteiger partial charge is 0.163 e. The molecule has 5 heteroatoms. The minimum absolute atomic E-state index is 0.177. The summed E-state index contributed by atoms with van der Waals surface area (Å²) >= 11 is 0. The van der Waals surface area contributed by atoms with E-state index < -0.39 is 0 Å². The summed E-state index contributed by atoms with van der Waals surface area (Å²) in [7, 11) is 1.56. The SMILES string of the molecule is COc1cc(/C=C/C(=O)CC(=O)/C=C/c2ccc3c(c2)CCC=C3)ccc1OCc1ccccn1. The first-order valence-electron chi connectivity index (χ1n) is 11.5. The Bertz CT molecular complexity index is 1290. The van der Waals surface area contributed by atoms with Gasteiger partial charge in [0.25, 0.3) is 0 Å². The van der Waals surface area contributed by atoms with Crippen LogP contribution >= 0.6 is 0 Å². The molecule has 0 saturated carbocycles. The van der Waals surface area contributed by atoms with Gasteiger partial charge in [0.2, 0.25) is 0 Å². The van der Waals surface area contributed by atoms with Crippen LogP contribution in [-0.4, -0.2) is 23.7 Å². The number of aryl methyl sites for hydroxylation is 1. The maximum atomic E-state index is 12.3. The van der Waals surface area contributed by atoms with Gasteiger partial charge in [0.05, 0.1) is 19.2 Å². The molecule has 1 aliphatic rings. The average molecular weight is 466 g/mol. The lowest BCUT2D eigenvalue weighted by Gasteiger charge is -2.11. The molecule has 0 aliphatic heterocycles. The summed E-state index contributed by atoms with van der Waals surface area (Å²) < 4.78 is 11.2. The highest BCUT2D eigenvalue weighted by Gasteiger charge is 2.08. The van der Waals surface area contributed by atoms with E-state index >= 15 is 0 Å². The van der Waals surface area contributed by atoms with E-state index in [0.29, 0.717) is 18.1 Å². The summed E-state index contributed by atoms with van der Waals surface area (Å²) in [5.41, 5.74) is 5.06. The molecule has 0 saturated heterocycles. The van der Waals surface area contributed by atoms with Crippen LogP contribution in [0.3, 0.4) is 0 Å². The van der Waals surface area contributed by atoms with Crippen LogP contribution < -0.4 is 9.47 Å². The van der Waals surface area contributed by atoms with Crippen molar-refractivity contribution in [3.63, 3.8) is 0 Å². The lowest BCUT2D eigenvalue weighted by molar-refractivity contribution is -0.121. The number of rotatable bonds is 10. The van der Waals surface area contributed by atoms with E-state index in [2.05, 4.69) is 29.3 Å². The summed E-state index contributed by atoms with van der Waals surface area (Å²) in [5.74, 6) is 0.646. The van der Waals surface area contributed by atoms with Crippen molar-refractivity contribution in [2.75, 3.05) is 7.11 Å². The zero-order chi connectivity index (χ0) is 24.5. The van der Waals surface area contributed by atoms with Crippen molar-refractivity contribution >= 4 is 29.8 Å². The van der Waals surface area contributed by atoms with Crippen LogP contribution in [0.15, 0.2) is 79.0 Å².